The van der Waals surface area contributed by atoms with Gasteiger partial charge >= 0.3 is 11.8 Å². The molecule has 1 atom stereocenters. The van der Waals surface area contributed by atoms with E-state index in [0.717, 1.165) is 41.8 Å². The Morgan fingerprint density at radius 1 is 1.22 bits per heavy atom. The molecular weight excluding hydrogens is 344 g/mol. The molecule has 0 bridgehead atoms. The first-order valence-corrected chi connectivity index (χ1v) is 9.01. The second-order valence-corrected chi connectivity index (χ2v) is 6.88. The molecule has 27 heavy (non-hydrogen) atoms. The number of aryl methyl sites for hydroxylation is 1. The van der Waals surface area contributed by atoms with Crippen molar-refractivity contribution in [1.82, 2.24) is 10.3 Å². The van der Waals surface area contributed by atoms with Crippen LogP contribution in [-0.2, 0) is 27.3 Å². The van der Waals surface area contributed by atoms with Gasteiger partial charge in [-0.1, -0.05) is 0 Å². The number of rotatable bonds is 3. The summed E-state index contributed by atoms with van der Waals surface area (Å²) in [6.45, 7) is 2.88. The van der Waals surface area contributed by atoms with Crippen LogP contribution in [0, 0.1) is 0 Å². The van der Waals surface area contributed by atoms with Gasteiger partial charge in [0.05, 0.1) is 11.6 Å². The van der Waals surface area contributed by atoms with Crippen LogP contribution in [0.4, 0.5) is 11.4 Å². The van der Waals surface area contributed by atoms with Crippen molar-refractivity contribution >= 4 is 29.1 Å². The minimum Gasteiger partial charge on any atom is -0.344 e. The van der Waals surface area contributed by atoms with Crippen LogP contribution in [0.5, 0.6) is 0 Å². The maximum Gasteiger partial charge on any atom is 0.313 e. The number of hydrogen-bond donors (Lipinski definition) is 2. The number of nitrogens with one attached hydrogen (secondary N) is 2. The zero-order valence-electron chi connectivity index (χ0n) is 15.0. The zero-order valence-corrected chi connectivity index (χ0v) is 15.0. The lowest BCUT2D eigenvalue weighted by atomic mass is 9.96. The minimum atomic E-state index is -0.721. The third-order valence-electron chi connectivity index (χ3n) is 5.09. The number of amides is 3. The second kappa shape index (κ2) is 6.83. The number of benzene rings is 1. The number of nitrogens with zero attached hydrogens (tertiary/aromatic N) is 2. The molecule has 0 radical (unpaired) electrons. The zero-order chi connectivity index (χ0) is 19.0. The number of aromatic nitrogens is 1. The molecule has 0 fully saturated rings. The molecule has 1 aromatic heterocycles. The van der Waals surface area contributed by atoms with Gasteiger partial charge in [-0.05, 0) is 60.7 Å². The van der Waals surface area contributed by atoms with E-state index in [1.807, 2.05) is 17.9 Å². The Hall–Kier alpha value is -3.22. The van der Waals surface area contributed by atoms with Crippen molar-refractivity contribution in [3.05, 3.63) is 53.3 Å². The summed E-state index contributed by atoms with van der Waals surface area (Å²) in [4.78, 5) is 42.5. The van der Waals surface area contributed by atoms with Crippen LogP contribution < -0.4 is 15.5 Å². The van der Waals surface area contributed by atoms with Crippen molar-refractivity contribution in [2.24, 2.45) is 0 Å². The highest BCUT2D eigenvalue weighted by atomic mass is 16.2. The van der Waals surface area contributed by atoms with Crippen LogP contribution in [0.15, 0.2) is 36.7 Å². The lowest BCUT2D eigenvalue weighted by molar-refractivity contribution is -0.136. The molecular formula is C20H20N4O3. The van der Waals surface area contributed by atoms with E-state index in [1.165, 1.54) is 0 Å². The van der Waals surface area contributed by atoms with Crippen LogP contribution in [-0.4, -0.2) is 29.3 Å². The number of anilines is 2. The molecule has 7 heteroatoms. The molecule has 0 saturated carbocycles. The van der Waals surface area contributed by atoms with Crippen LogP contribution in [0.3, 0.4) is 0 Å². The number of carbonyl (C=O) groups excluding carboxylic acids is 3. The summed E-state index contributed by atoms with van der Waals surface area (Å²) >= 11 is 0. The van der Waals surface area contributed by atoms with Crippen molar-refractivity contribution in [3.8, 4) is 0 Å². The van der Waals surface area contributed by atoms with Gasteiger partial charge < -0.3 is 15.5 Å². The van der Waals surface area contributed by atoms with Crippen LogP contribution >= 0.6 is 0 Å². The summed E-state index contributed by atoms with van der Waals surface area (Å²) in [7, 11) is 0. The maximum absolute atomic E-state index is 12.4. The van der Waals surface area contributed by atoms with E-state index in [4.69, 9.17) is 0 Å². The fourth-order valence-electron chi connectivity index (χ4n) is 3.72. The Kier molecular flexibility index (Phi) is 4.35. The number of carbonyl (C=O) groups is 3. The fraction of sp³-hybridized carbons (Fsp3) is 0.300. The molecule has 2 N–H and O–H groups in total. The monoisotopic (exact) mass is 364 g/mol. The molecule has 3 amide bonds. The molecule has 7 nitrogen and oxygen atoms in total. The lowest BCUT2D eigenvalue weighted by Crippen LogP contribution is -2.35. The molecule has 3 heterocycles. The highest BCUT2D eigenvalue weighted by molar-refractivity contribution is 6.39. The summed E-state index contributed by atoms with van der Waals surface area (Å²) < 4.78 is 0. The topological polar surface area (TPSA) is 91.4 Å². The molecule has 2 aromatic rings. The van der Waals surface area contributed by atoms with Crippen LogP contribution in [0.1, 0.15) is 36.0 Å². The third kappa shape index (κ3) is 3.16. The van der Waals surface area contributed by atoms with Crippen molar-refractivity contribution in [2.75, 3.05) is 16.8 Å². The molecule has 138 valence electrons. The Labute approximate surface area is 156 Å². The van der Waals surface area contributed by atoms with Gasteiger partial charge in [-0.25, -0.2) is 0 Å². The van der Waals surface area contributed by atoms with E-state index in [1.54, 1.807) is 30.6 Å². The van der Waals surface area contributed by atoms with Gasteiger partial charge in [-0.3, -0.25) is 19.4 Å². The second-order valence-electron chi connectivity index (χ2n) is 6.88. The molecule has 2 aliphatic heterocycles. The Bertz CT molecular complexity index is 926. The summed E-state index contributed by atoms with van der Waals surface area (Å²) in [6, 6.07) is 7.21. The first-order valence-electron chi connectivity index (χ1n) is 9.01. The average Bonchev–Trinajstić information content (AvgIpc) is 2.93. The quantitative estimate of drug-likeness (QED) is 0.812. The normalized spacial score (nSPS) is 17.4. The lowest BCUT2D eigenvalue weighted by Gasteiger charge is -2.26. The predicted octanol–water partition coefficient (Wildman–Crippen LogP) is 1.73. The molecule has 1 aromatic carbocycles. The molecule has 0 spiro atoms. The van der Waals surface area contributed by atoms with Gasteiger partial charge in [0.2, 0.25) is 5.91 Å². The van der Waals surface area contributed by atoms with E-state index in [9.17, 15) is 14.4 Å². The van der Waals surface area contributed by atoms with Crippen molar-refractivity contribution in [2.45, 2.75) is 32.2 Å². The van der Waals surface area contributed by atoms with Crippen LogP contribution in [0.25, 0.3) is 0 Å². The molecule has 4 rings (SSSR count). The smallest absolute Gasteiger partial charge is 0.313 e. The van der Waals surface area contributed by atoms with E-state index in [-0.39, 0.29) is 18.4 Å². The van der Waals surface area contributed by atoms with Crippen molar-refractivity contribution in [1.29, 1.82) is 0 Å². The molecule has 0 saturated heterocycles. The Balaban J connectivity index is 1.48. The summed E-state index contributed by atoms with van der Waals surface area (Å²) in [5.41, 5.74) is 4.37. The van der Waals surface area contributed by atoms with Gasteiger partial charge in [0.1, 0.15) is 0 Å². The standard InChI is InChI=1S/C20H20N4O3/c1-12-16-10-15(9-14-3-2-8-24(17(14)16)20(12)27)23-19(26)18(25)22-11-13-4-6-21-7-5-13/h4-7,9-10,12H,2-3,8,11H2,1H3,(H,22,25)(H,23,26). The summed E-state index contributed by atoms with van der Waals surface area (Å²) in [5, 5.41) is 5.26. The predicted molar refractivity (Wildman–Crippen MR) is 100 cm³/mol. The Morgan fingerprint density at radius 3 is 2.78 bits per heavy atom. The fourth-order valence-corrected chi connectivity index (χ4v) is 3.72. The Morgan fingerprint density at radius 2 is 2.00 bits per heavy atom. The van der Waals surface area contributed by atoms with E-state index >= 15 is 0 Å². The van der Waals surface area contributed by atoms with E-state index in [2.05, 4.69) is 15.6 Å². The summed E-state index contributed by atoms with van der Waals surface area (Å²) in [5.74, 6) is -1.55. The largest absolute Gasteiger partial charge is 0.344 e. The van der Waals surface area contributed by atoms with E-state index < -0.39 is 11.8 Å². The summed E-state index contributed by atoms with van der Waals surface area (Å²) in [6.07, 6.45) is 5.01. The van der Waals surface area contributed by atoms with Crippen molar-refractivity contribution < 1.29 is 14.4 Å². The minimum absolute atomic E-state index is 0.101. The van der Waals surface area contributed by atoms with Gasteiger partial charge in [0.15, 0.2) is 0 Å². The van der Waals surface area contributed by atoms with Gasteiger partial charge in [-0.2, -0.15) is 0 Å². The number of pyridine rings is 1. The SMILES string of the molecule is CC1C(=O)N2CCCc3cc(NC(=O)C(=O)NCc4ccncc4)cc1c32. The van der Waals surface area contributed by atoms with Gasteiger partial charge in [-0.15, -0.1) is 0 Å². The maximum atomic E-state index is 12.4. The molecule has 1 unspecified atom stereocenters. The van der Waals surface area contributed by atoms with Gasteiger partial charge in [0.25, 0.3) is 0 Å². The third-order valence-corrected chi connectivity index (χ3v) is 5.09. The molecule has 2 aliphatic rings. The first kappa shape index (κ1) is 17.2. The van der Waals surface area contributed by atoms with Gasteiger partial charge in [0, 0.05) is 31.2 Å². The highest BCUT2D eigenvalue weighted by Crippen LogP contribution is 2.44. The van der Waals surface area contributed by atoms with E-state index in [0.29, 0.717) is 5.69 Å². The number of hydrogen-bond acceptors (Lipinski definition) is 4. The molecule has 0 aliphatic carbocycles. The highest BCUT2D eigenvalue weighted by Gasteiger charge is 2.38. The van der Waals surface area contributed by atoms with Crippen LogP contribution in [0.2, 0.25) is 0 Å². The van der Waals surface area contributed by atoms with Crippen molar-refractivity contribution in [3.63, 3.8) is 0 Å². The first-order chi connectivity index (χ1) is 13.0. The average molecular weight is 364 g/mol.